The molecule has 7 heteroatoms. The van der Waals surface area contributed by atoms with E-state index in [-0.39, 0.29) is 11.5 Å². The van der Waals surface area contributed by atoms with Gasteiger partial charge in [-0.3, -0.25) is 4.79 Å². The fraction of sp³-hybridized carbons (Fsp3) is 0.333. The second kappa shape index (κ2) is 7.38. The first-order chi connectivity index (χ1) is 10.5. The summed E-state index contributed by atoms with van der Waals surface area (Å²) < 4.78 is 20.0. The first-order valence-corrected chi connectivity index (χ1v) is 7.18. The van der Waals surface area contributed by atoms with Gasteiger partial charge in [0.25, 0.3) is 5.24 Å². The average Bonchev–Trinajstić information content (AvgIpc) is 2.88. The van der Waals surface area contributed by atoms with Gasteiger partial charge in [-0.05, 0) is 56.4 Å². The molecule has 0 unspecified atom stereocenters. The zero-order chi connectivity index (χ0) is 16.1. The van der Waals surface area contributed by atoms with E-state index in [9.17, 15) is 9.18 Å². The molecule has 118 valence electrons. The van der Waals surface area contributed by atoms with Crippen LogP contribution in [0.3, 0.4) is 0 Å². The predicted molar refractivity (Wildman–Crippen MR) is 82.4 cm³/mol. The maximum Gasteiger partial charge on any atom is 0.276 e. The Bertz CT molecular complexity index is 641. The lowest BCUT2D eigenvalue weighted by molar-refractivity contribution is 0.107. The Balaban J connectivity index is 2.15. The number of hydrogen-bond donors (Lipinski definition) is 0. The third-order valence-corrected chi connectivity index (χ3v) is 3.14. The summed E-state index contributed by atoms with van der Waals surface area (Å²) >= 11 is 5.53. The summed E-state index contributed by atoms with van der Waals surface area (Å²) in [6.45, 7) is 1.32. The summed E-state index contributed by atoms with van der Waals surface area (Å²) in [6.07, 6.45) is 2.38. The molecule has 0 radical (unpaired) electrons. The first kappa shape index (κ1) is 16.5. The van der Waals surface area contributed by atoms with Crippen molar-refractivity contribution in [3.05, 3.63) is 42.0 Å². The van der Waals surface area contributed by atoms with E-state index in [1.54, 1.807) is 18.3 Å². The minimum Gasteiger partial charge on any atom is -0.489 e. The molecule has 2 aromatic rings. The van der Waals surface area contributed by atoms with E-state index in [1.807, 2.05) is 19.0 Å². The molecule has 0 fully saturated rings. The monoisotopic (exact) mass is 325 g/mol. The third-order valence-electron chi connectivity index (χ3n) is 2.97. The molecule has 0 N–H and O–H groups in total. The molecule has 0 aliphatic rings. The van der Waals surface area contributed by atoms with Gasteiger partial charge in [-0.2, -0.15) is 5.10 Å². The number of benzene rings is 1. The van der Waals surface area contributed by atoms with Crippen LogP contribution in [-0.4, -0.2) is 47.2 Å². The number of carbonyl (C=O) groups is 1. The van der Waals surface area contributed by atoms with Crippen LogP contribution in [0.5, 0.6) is 5.75 Å². The van der Waals surface area contributed by atoms with Gasteiger partial charge in [0, 0.05) is 6.54 Å². The van der Waals surface area contributed by atoms with Crippen LogP contribution in [-0.2, 0) is 0 Å². The molecule has 0 atom stereocenters. The van der Waals surface area contributed by atoms with Gasteiger partial charge in [0.1, 0.15) is 5.82 Å². The van der Waals surface area contributed by atoms with Gasteiger partial charge in [0.05, 0.1) is 18.5 Å². The molecule has 0 aliphatic carbocycles. The highest BCUT2D eigenvalue weighted by Gasteiger charge is 2.17. The van der Waals surface area contributed by atoms with Crippen LogP contribution >= 0.6 is 11.6 Å². The van der Waals surface area contributed by atoms with Gasteiger partial charge >= 0.3 is 0 Å². The Hall–Kier alpha value is -1.92. The van der Waals surface area contributed by atoms with E-state index < -0.39 is 5.24 Å². The van der Waals surface area contributed by atoms with Crippen molar-refractivity contribution in [1.82, 2.24) is 14.7 Å². The topological polar surface area (TPSA) is 47.4 Å². The van der Waals surface area contributed by atoms with Gasteiger partial charge in [-0.1, -0.05) is 0 Å². The van der Waals surface area contributed by atoms with Crippen LogP contribution in [0.1, 0.15) is 16.9 Å². The number of aromatic nitrogens is 2. The van der Waals surface area contributed by atoms with Gasteiger partial charge in [0.2, 0.25) is 0 Å². The summed E-state index contributed by atoms with van der Waals surface area (Å²) in [7, 11) is 3.95. The molecule has 5 nitrogen and oxygen atoms in total. The normalized spacial score (nSPS) is 11.0. The fourth-order valence-corrected chi connectivity index (χ4v) is 2.02. The molecule has 1 aromatic carbocycles. The number of ether oxygens (including phenoxy) is 1. The van der Waals surface area contributed by atoms with E-state index in [2.05, 4.69) is 5.10 Å². The van der Waals surface area contributed by atoms with Crippen LogP contribution in [0.25, 0.3) is 5.69 Å². The Morgan fingerprint density at radius 1 is 1.36 bits per heavy atom. The quantitative estimate of drug-likeness (QED) is 0.580. The second-order valence-corrected chi connectivity index (χ2v) is 5.39. The molecular weight excluding hydrogens is 309 g/mol. The molecule has 1 heterocycles. The summed E-state index contributed by atoms with van der Waals surface area (Å²) in [5, 5.41) is 3.41. The third kappa shape index (κ3) is 4.29. The predicted octanol–water partition coefficient (Wildman–Crippen LogP) is 2.72. The van der Waals surface area contributed by atoms with Crippen LogP contribution < -0.4 is 4.74 Å². The van der Waals surface area contributed by atoms with Crippen molar-refractivity contribution >= 4 is 16.8 Å². The number of rotatable bonds is 7. The summed E-state index contributed by atoms with van der Waals surface area (Å²) in [6, 6.07) is 5.74. The van der Waals surface area contributed by atoms with Crippen molar-refractivity contribution in [3.63, 3.8) is 0 Å². The highest BCUT2D eigenvalue weighted by atomic mass is 35.5. The molecular formula is C15H17ClFN3O2. The van der Waals surface area contributed by atoms with Crippen molar-refractivity contribution in [2.24, 2.45) is 0 Å². The number of halogens is 2. The lowest BCUT2D eigenvalue weighted by atomic mass is 10.3. The number of nitrogens with zero attached hydrogens (tertiary/aromatic N) is 3. The Morgan fingerprint density at radius 3 is 2.64 bits per heavy atom. The minimum absolute atomic E-state index is 0.0517. The van der Waals surface area contributed by atoms with Crippen LogP contribution in [0.4, 0.5) is 4.39 Å². The summed E-state index contributed by atoms with van der Waals surface area (Å²) in [4.78, 5) is 13.5. The smallest absolute Gasteiger partial charge is 0.276 e. The first-order valence-electron chi connectivity index (χ1n) is 6.80. The molecule has 0 aliphatic heterocycles. The van der Waals surface area contributed by atoms with Gasteiger partial charge in [-0.25, -0.2) is 9.07 Å². The van der Waals surface area contributed by atoms with Crippen molar-refractivity contribution in [2.75, 3.05) is 27.2 Å². The molecule has 0 spiro atoms. The number of carbonyl (C=O) groups excluding carboxylic acids is 1. The highest BCUT2D eigenvalue weighted by Crippen LogP contribution is 2.22. The van der Waals surface area contributed by atoms with Crippen molar-refractivity contribution in [2.45, 2.75) is 6.42 Å². The zero-order valence-corrected chi connectivity index (χ0v) is 13.2. The molecule has 2 rings (SSSR count). The highest BCUT2D eigenvalue weighted by molar-refractivity contribution is 6.67. The Morgan fingerprint density at radius 2 is 2.05 bits per heavy atom. The van der Waals surface area contributed by atoms with E-state index >= 15 is 0 Å². The standard InChI is InChI=1S/C15H17ClFN3O2/c1-19(2)8-3-9-22-13-10-20(18-14(13)15(16)21)12-6-4-11(17)5-7-12/h4-7,10H,3,8-9H2,1-2H3. The SMILES string of the molecule is CN(C)CCCOc1cn(-c2ccc(F)cc2)nc1C(=O)Cl. The van der Waals surface area contributed by atoms with Crippen molar-refractivity contribution < 1.29 is 13.9 Å². The van der Waals surface area contributed by atoms with Crippen LogP contribution in [0, 0.1) is 5.82 Å². The van der Waals surface area contributed by atoms with Crippen LogP contribution in [0.15, 0.2) is 30.5 Å². The number of hydrogen-bond acceptors (Lipinski definition) is 4. The molecule has 0 amide bonds. The molecule has 22 heavy (non-hydrogen) atoms. The van der Waals surface area contributed by atoms with Crippen molar-refractivity contribution in [3.8, 4) is 11.4 Å². The van der Waals surface area contributed by atoms with E-state index in [0.29, 0.717) is 18.0 Å². The summed E-state index contributed by atoms with van der Waals surface area (Å²) in [5.41, 5.74) is 0.666. The molecule has 1 aromatic heterocycles. The van der Waals surface area contributed by atoms with Crippen LogP contribution in [0.2, 0.25) is 0 Å². The second-order valence-electron chi connectivity index (χ2n) is 5.04. The Kier molecular flexibility index (Phi) is 5.51. The fourth-order valence-electron chi connectivity index (χ4n) is 1.89. The van der Waals surface area contributed by atoms with Gasteiger partial charge < -0.3 is 9.64 Å². The largest absolute Gasteiger partial charge is 0.489 e. The summed E-state index contributed by atoms with van der Waals surface area (Å²) in [5.74, 6) is -0.0206. The minimum atomic E-state index is -0.691. The Labute approximate surface area is 133 Å². The maximum absolute atomic E-state index is 13.0. The average molecular weight is 326 g/mol. The molecule has 0 bridgehead atoms. The van der Waals surface area contributed by atoms with E-state index in [1.165, 1.54) is 16.8 Å². The van der Waals surface area contributed by atoms with Gasteiger partial charge in [0.15, 0.2) is 11.4 Å². The van der Waals surface area contributed by atoms with Gasteiger partial charge in [-0.15, -0.1) is 0 Å². The van der Waals surface area contributed by atoms with E-state index in [4.69, 9.17) is 16.3 Å². The lowest BCUT2D eigenvalue weighted by Gasteiger charge is -2.09. The zero-order valence-electron chi connectivity index (χ0n) is 12.4. The molecule has 0 saturated carbocycles. The molecule has 0 saturated heterocycles. The van der Waals surface area contributed by atoms with Crippen molar-refractivity contribution in [1.29, 1.82) is 0 Å². The lowest BCUT2D eigenvalue weighted by Crippen LogP contribution is -2.15. The van der Waals surface area contributed by atoms with E-state index in [0.717, 1.165) is 13.0 Å². The maximum atomic E-state index is 13.0.